The fourth-order valence-corrected chi connectivity index (χ4v) is 1.60. The van der Waals surface area contributed by atoms with Crippen molar-refractivity contribution in [3.63, 3.8) is 0 Å². The van der Waals surface area contributed by atoms with Crippen molar-refractivity contribution in [2.45, 2.75) is 32.6 Å². The highest BCUT2D eigenvalue weighted by atomic mass is 16.4. The van der Waals surface area contributed by atoms with E-state index < -0.39 is 5.97 Å². The quantitative estimate of drug-likeness (QED) is 0.750. The molecule has 1 aromatic rings. The van der Waals surface area contributed by atoms with Crippen LogP contribution in [0.15, 0.2) is 12.3 Å². The van der Waals surface area contributed by atoms with Crippen molar-refractivity contribution in [1.29, 1.82) is 0 Å². The van der Waals surface area contributed by atoms with Crippen molar-refractivity contribution in [3.8, 4) is 0 Å². The van der Waals surface area contributed by atoms with Gasteiger partial charge in [-0.15, -0.1) is 0 Å². The van der Waals surface area contributed by atoms with Gasteiger partial charge in [0.1, 0.15) is 0 Å². The van der Waals surface area contributed by atoms with E-state index in [9.17, 15) is 4.79 Å². The van der Waals surface area contributed by atoms with Gasteiger partial charge in [-0.3, -0.25) is 0 Å². The first-order valence-electron chi connectivity index (χ1n) is 4.61. The molecule has 0 aliphatic heterocycles. The highest BCUT2D eigenvalue weighted by Gasteiger charge is 2.16. The third-order valence-corrected chi connectivity index (χ3v) is 2.40. The van der Waals surface area contributed by atoms with Crippen molar-refractivity contribution in [1.82, 2.24) is 4.98 Å². The second kappa shape index (κ2) is 4.12. The number of carbonyl (C=O) groups is 1. The summed E-state index contributed by atoms with van der Waals surface area (Å²) < 4.78 is 0. The third kappa shape index (κ3) is 1.91. The topological polar surface area (TPSA) is 53.1 Å². The molecule has 0 fully saturated rings. The summed E-state index contributed by atoms with van der Waals surface area (Å²) in [6, 6.07) is 1.62. The molecule has 3 heteroatoms. The first-order valence-corrected chi connectivity index (χ1v) is 4.61. The molecule has 0 aliphatic rings. The van der Waals surface area contributed by atoms with Gasteiger partial charge in [0, 0.05) is 11.9 Å². The van der Waals surface area contributed by atoms with Crippen LogP contribution >= 0.6 is 0 Å². The Morgan fingerprint density at radius 3 is 2.62 bits per heavy atom. The number of hydrogen-bond acceptors (Lipinski definition) is 1. The number of aromatic nitrogens is 1. The van der Waals surface area contributed by atoms with E-state index in [1.165, 1.54) is 0 Å². The van der Waals surface area contributed by atoms with Gasteiger partial charge in [-0.05, 0) is 24.8 Å². The van der Waals surface area contributed by atoms with Gasteiger partial charge in [0.05, 0.1) is 5.56 Å². The van der Waals surface area contributed by atoms with Crippen LogP contribution in [-0.4, -0.2) is 16.1 Å². The normalized spacial score (nSPS) is 10.7. The van der Waals surface area contributed by atoms with E-state index in [1.54, 1.807) is 12.3 Å². The minimum Gasteiger partial charge on any atom is -0.478 e. The Morgan fingerprint density at radius 2 is 2.15 bits per heavy atom. The van der Waals surface area contributed by atoms with Gasteiger partial charge < -0.3 is 10.1 Å². The molecular formula is C10H15NO2. The zero-order chi connectivity index (χ0) is 9.84. The molecule has 2 N–H and O–H groups in total. The first kappa shape index (κ1) is 9.84. The van der Waals surface area contributed by atoms with E-state index >= 15 is 0 Å². The van der Waals surface area contributed by atoms with E-state index in [-0.39, 0.29) is 0 Å². The molecule has 0 aliphatic carbocycles. The number of aromatic amines is 1. The summed E-state index contributed by atoms with van der Waals surface area (Å²) in [6.45, 7) is 4.14. The molecule has 1 aromatic heterocycles. The van der Waals surface area contributed by atoms with Gasteiger partial charge >= 0.3 is 5.97 Å². The predicted octanol–water partition coefficient (Wildman–Crippen LogP) is 2.62. The van der Waals surface area contributed by atoms with Crippen LogP contribution in [0.25, 0.3) is 0 Å². The lowest BCUT2D eigenvalue weighted by atomic mass is 9.96. The van der Waals surface area contributed by atoms with Crippen LogP contribution < -0.4 is 0 Å². The minimum absolute atomic E-state index is 0.334. The molecule has 1 rings (SSSR count). The fraction of sp³-hybridized carbons (Fsp3) is 0.500. The molecule has 1 heterocycles. The third-order valence-electron chi connectivity index (χ3n) is 2.40. The SMILES string of the molecule is CCC(CC)c1[nH]ccc1C(=O)O. The second-order valence-electron chi connectivity index (χ2n) is 3.12. The van der Waals surface area contributed by atoms with Crippen LogP contribution in [0.5, 0.6) is 0 Å². The van der Waals surface area contributed by atoms with Crippen molar-refractivity contribution in [2.75, 3.05) is 0 Å². The van der Waals surface area contributed by atoms with E-state index in [1.807, 2.05) is 0 Å². The molecule has 13 heavy (non-hydrogen) atoms. The van der Waals surface area contributed by atoms with Crippen LogP contribution in [0.2, 0.25) is 0 Å². The molecular weight excluding hydrogens is 166 g/mol. The van der Waals surface area contributed by atoms with Crippen molar-refractivity contribution < 1.29 is 9.90 Å². The average Bonchev–Trinajstić information content (AvgIpc) is 2.55. The molecule has 0 bridgehead atoms. The molecule has 3 nitrogen and oxygen atoms in total. The molecule has 0 unspecified atom stereocenters. The summed E-state index contributed by atoms with van der Waals surface area (Å²) in [5.74, 6) is -0.510. The smallest absolute Gasteiger partial charge is 0.337 e. The number of rotatable bonds is 4. The lowest BCUT2D eigenvalue weighted by Crippen LogP contribution is -2.04. The van der Waals surface area contributed by atoms with E-state index in [0.717, 1.165) is 18.5 Å². The monoisotopic (exact) mass is 181 g/mol. The lowest BCUT2D eigenvalue weighted by molar-refractivity contribution is 0.0695. The fourth-order valence-electron chi connectivity index (χ4n) is 1.60. The molecule has 0 amide bonds. The van der Waals surface area contributed by atoms with Gasteiger partial charge in [-0.1, -0.05) is 13.8 Å². The summed E-state index contributed by atoms with van der Waals surface area (Å²) in [4.78, 5) is 13.8. The highest BCUT2D eigenvalue weighted by Crippen LogP contribution is 2.24. The molecule has 72 valence electrons. The van der Waals surface area contributed by atoms with Gasteiger partial charge in [0.15, 0.2) is 0 Å². The van der Waals surface area contributed by atoms with E-state index in [0.29, 0.717) is 11.5 Å². The Bertz CT molecular complexity index is 287. The summed E-state index contributed by atoms with van der Waals surface area (Å²) in [5.41, 5.74) is 1.27. The summed E-state index contributed by atoms with van der Waals surface area (Å²) in [5, 5.41) is 8.87. The maximum Gasteiger partial charge on any atom is 0.337 e. The summed E-state index contributed by atoms with van der Waals surface area (Å²) in [7, 11) is 0. The zero-order valence-corrected chi connectivity index (χ0v) is 8.00. The van der Waals surface area contributed by atoms with E-state index in [2.05, 4.69) is 18.8 Å². The molecule has 0 spiro atoms. The predicted molar refractivity (Wildman–Crippen MR) is 51.1 cm³/mol. The number of H-pyrrole nitrogens is 1. The molecule has 0 saturated carbocycles. The Labute approximate surface area is 77.8 Å². The van der Waals surface area contributed by atoms with E-state index in [4.69, 9.17) is 5.11 Å². The van der Waals surface area contributed by atoms with Crippen LogP contribution in [0.4, 0.5) is 0 Å². The molecule has 0 atom stereocenters. The standard InChI is InChI=1S/C10H15NO2/c1-3-7(4-2)9-8(10(12)13)5-6-11-9/h5-7,11H,3-4H2,1-2H3,(H,12,13). The summed E-state index contributed by atoms with van der Waals surface area (Å²) >= 11 is 0. The van der Waals surface area contributed by atoms with Crippen molar-refractivity contribution in [2.24, 2.45) is 0 Å². The highest BCUT2D eigenvalue weighted by molar-refractivity contribution is 5.89. The molecule has 0 radical (unpaired) electrons. The number of carboxylic acids is 1. The summed E-state index contributed by atoms with van der Waals surface area (Å²) in [6.07, 6.45) is 3.63. The Kier molecular flexibility index (Phi) is 3.12. The maximum atomic E-state index is 10.8. The zero-order valence-electron chi connectivity index (χ0n) is 8.00. The van der Waals surface area contributed by atoms with Crippen LogP contribution in [0, 0.1) is 0 Å². The first-order chi connectivity index (χ1) is 6.20. The molecule has 0 saturated heterocycles. The molecule has 0 aromatic carbocycles. The van der Waals surface area contributed by atoms with Crippen molar-refractivity contribution >= 4 is 5.97 Å². The number of aromatic carboxylic acids is 1. The average molecular weight is 181 g/mol. The Balaban J connectivity index is 2.98. The van der Waals surface area contributed by atoms with Crippen LogP contribution in [0.1, 0.15) is 48.7 Å². The number of nitrogens with one attached hydrogen (secondary N) is 1. The van der Waals surface area contributed by atoms with Gasteiger partial charge in [-0.2, -0.15) is 0 Å². The van der Waals surface area contributed by atoms with Crippen molar-refractivity contribution in [3.05, 3.63) is 23.5 Å². The second-order valence-corrected chi connectivity index (χ2v) is 3.12. The van der Waals surface area contributed by atoms with Gasteiger partial charge in [-0.25, -0.2) is 4.79 Å². The largest absolute Gasteiger partial charge is 0.478 e. The number of carboxylic acid groups (broad SMARTS) is 1. The Morgan fingerprint density at radius 1 is 1.54 bits per heavy atom. The van der Waals surface area contributed by atoms with Gasteiger partial charge in [0.25, 0.3) is 0 Å². The minimum atomic E-state index is -0.844. The maximum absolute atomic E-state index is 10.8. The van der Waals surface area contributed by atoms with Crippen LogP contribution in [0.3, 0.4) is 0 Å². The number of hydrogen-bond donors (Lipinski definition) is 2. The lowest BCUT2D eigenvalue weighted by Gasteiger charge is -2.11. The Hall–Kier alpha value is -1.25. The van der Waals surface area contributed by atoms with Gasteiger partial charge in [0.2, 0.25) is 0 Å². The van der Waals surface area contributed by atoms with Crippen LogP contribution in [-0.2, 0) is 0 Å².